The predicted molar refractivity (Wildman–Crippen MR) is 91.8 cm³/mol. The number of amides is 1. The summed E-state index contributed by atoms with van der Waals surface area (Å²) < 4.78 is 31.7. The first kappa shape index (κ1) is 18.1. The van der Waals surface area contributed by atoms with Crippen molar-refractivity contribution in [1.82, 2.24) is 9.80 Å². The Labute approximate surface area is 147 Å². The van der Waals surface area contributed by atoms with Crippen molar-refractivity contribution >= 4 is 5.91 Å². The number of benzene rings is 1. The fourth-order valence-electron chi connectivity index (χ4n) is 3.70. The van der Waals surface area contributed by atoms with Crippen LogP contribution in [0.1, 0.15) is 31.2 Å². The first-order valence-corrected chi connectivity index (χ1v) is 8.99. The van der Waals surface area contributed by atoms with Crippen LogP contribution >= 0.6 is 0 Å². The third-order valence-electron chi connectivity index (χ3n) is 5.23. The number of ether oxygens (including phenoxy) is 1. The first-order chi connectivity index (χ1) is 12.0. The molecule has 0 saturated carbocycles. The zero-order valence-electron chi connectivity index (χ0n) is 14.7. The van der Waals surface area contributed by atoms with E-state index in [1.807, 2.05) is 24.3 Å². The molecule has 3 rings (SSSR count). The quantitative estimate of drug-likeness (QED) is 0.834. The van der Waals surface area contributed by atoms with Crippen LogP contribution in [-0.2, 0) is 11.3 Å². The Balaban J connectivity index is 1.54. The van der Waals surface area contributed by atoms with Gasteiger partial charge >= 0.3 is 0 Å². The normalized spacial score (nSPS) is 24.1. The van der Waals surface area contributed by atoms with Crippen LogP contribution in [0.25, 0.3) is 0 Å². The van der Waals surface area contributed by atoms with Crippen molar-refractivity contribution in [2.75, 3.05) is 33.3 Å². The Morgan fingerprint density at radius 3 is 2.52 bits per heavy atom. The van der Waals surface area contributed by atoms with Gasteiger partial charge in [0.25, 0.3) is 5.92 Å². The lowest BCUT2D eigenvalue weighted by atomic mass is 9.94. The topological polar surface area (TPSA) is 32.8 Å². The molecule has 0 bridgehead atoms. The minimum atomic E-state index is -2.61. The van der Waals surface area contributed by atoms with Crippen molar-refractivity contribution in [1.29, 1.82) is 0 Å². The summed E-state index contributed by atoms with van der Waals surface area (Å²) >= 11 is 0. The van der Waals surface area contributed by atoms with E-state index >= 15 is 0 Å². The molecule has 6 heteroatoms. The van der Waals surface area contributed by atoms with Crippen molar-refractivity contribution in [3.05, 3.63) is 29.8 Å². The molecule has 2 aliphatic heterocycles. The molecule has 1 amide bonds. The van der Waals surface area contributed by atoms with Gasteiger partial charge in [-0.25, -0.2) is 8.78 Å². The zero-order valence-corrected chi connectivity index (χ0v) is 14.7. The molecule has 1 atom stereocenters. The monoisotopic (exact) mass is 352 g/mol. The number of halogens is 2. The van der Waals surface area contributed by atoms with Gasteiger partial charge in [-0.2, -0.15) is 0 Å². The van der Waals surface area contributed by atoms with Crippen molar-refractivity contribution in [3.63, 3.8) is 0 Å². The van der Waals surface area contributed by atoms with Crippen LogP contribution in [0, 0.1) is 5.92 Å². The minimum absolute atomic E-state index is 0.0509. The minimum Gasteiger partial charge on any atom is -0.497 e. The summed E-state index contributed by atoms with van der Waals surface area (Å²) in [7, 11) is 1.65. The second-order valence-electron chi connectivity index (χ2n) is 7.10. The van der Waals surface area contributed by atoms with E-state index in [2.05, 4.69) is 4.90 Å². The molecule has 25 heavy (non-hydrogen) atoms. The average Bonchev–Trinajstić information content (AvgIpc) is 2.62. The lowest BCUT2D eigenvalue weighted by molar-refractivity contribution is -0.143. The molecule has 2 aliphatic rings. The molecule has 2 saturated heterocycles. The highest BCUT2D eigenvalue weighted by Crippen LogP contribution is 2.29. The summed E-state index contributed by atoms with van der Waals surface area (Å²) in [5.41, 5.74) is 1.19. The van der Waals surface area contributed by atoms with E-state index in [0.29, 0.717) is 6.54 Å². The molecule has 2 heterocycles. The molecule has 1 aromatic rings. The molecule has 0 N–H and O–H groups in total. The number of rotatable bonds is 4. The standard InChI is InChI=1S/C19H26F2N2O2/c1-25-17-6-4-15(5-7-17)13-22-10-2-3-16(14-22)18(24)23-11-8-19(20,21)9-12-23/h4-7,16H,2-3,8-14H2,1H3. The van der Waals surface area contributed by atoms with E-state index in [1.165, 1.54) is 5.56 Å². The summed E-state index contributed by atoms with van der Waals surface area (Å²) in [5, 5.41) is 0. The van der Waals surface area contributed by atoms with Crippen molar-refractivity contribution in [3.8, 4) is 5.75 Å². The summed E-state index contributed by atoms with van der Waals surface area (Å²) in [4.78, 5) is 16.6. The summed E-state index contributed by atoms with van der Waals surface area (Å²) in [6.45, 7) is 2.83. The van der Waals surface area contributed by atoms with E-state index in [4.69, 9.17) is 4.74 Å². The van der Waals surface area contributed by atoms with Crippen LogP contribution in [0.15, 0.2) is 24.3 Å². The largest absolute Gasteiger partial charge is 0.497 e. The highest BCUT2D eigenvalue weighted by Gasteiger charge is 2.38. The van der Waals surface area contributed by atoms with Crippen LogP contribution in [-0.4, -0.2) is 54.9 Å². The van der Waals surface area contributed by atoms with E-state index < -0.39 is 5.92 Å². The van der Waals surface area contributed by atoms with Gasteiger partial charge < -0.3 is 9.64 Å². The smallest absolute Gasteiger partial charge is 0.251 e. The number of hydrogen-bond donors (Lipinski definition) is 0. The Hall–Kier alpha value is -1.69. The second kappa shape index (κ2) is 7.68. The van der Waals surface area contributed by atoms with Crippen molar-refractivity contribution in [2.45, 2.75) is 38.2 Å². The summed E-state index contributed by atoms with van der Waals surface area (Å²) in [6.07, 6.45) is 1.41. The van der Waals surface area contributed by atoms with Crippen molar-refractivity contribution < 1.29 is 18.3 Å². The number of carbonyl (C=O) groups excluding carboxylic acids is 1. The van der Waals surface area contributed by atoms with Crippen LogP contribution in [0.5, 0.6) is 5.75 Å². The second-order valence-corrected chi connectivity index (χ2v) is 7.10. The van der Waals surface area contributed by atoms with Crippen LogP contribution < -0.4 is 4.74 Å². The highest BCUT2D eigenvalue weighted by molar-refractivity contribution is 5.79. The number of alkyl halides is 2. The van der Waals surface area contributed by atoms with Gasteiger partial charge in [-0.3, -0.25) is 9.69 Å². The number of likely N-dealkylation sites (tertiary alicyclic amines) is 2. The number of nitrogens with zero attached hydrogens (tertiary/aromatic N) is 2. The molecule has 1 aromatic carbocycles. The maximum absolute atomic E-state index is 13.3. The molecular formula is C19H26F2N2O2. The Morgan fingerprint density at radius 1 is 1.20 bits per heavy atom. The Kier molecular flexibility index (Phi) is 5.57. The van der Waals surface area contributed by atoms with E-state index in [0.717, 1.165) is 31.7 Å². The van der Waals surface area contributed by atoms with Crippen LogP contribution in [0.4, 0.5) is 8.78 Å². The number of methoxy groups -OCH3 is 1. The van der Waals surface area contributed by atoms with E-state index in [9.17, 15) is 13.6 Å². The fourth-order valence-corrected chi connectivity index (χ4v) is 3.70. The maximum Gasteiger partial charge on any atom is 0.251 e. The molecule has 4 nitrogen and oxygen atoms in total. The van der Waals surface area contributed by atoms with E-state index in [1.54, 1.807) is 12.0 Å². The van der Waals surface area contributed by atoms with Crippen LogP contribution in [0.3, 0.4) is 0 Å². The van der Waals surface area contributed by atoms with Crippen molar-refractivity contribution in [2.24, 2.45) is 5.92 Å². The van der Waals surface area contributed by atoms with E-state index in [-0.39, 0.29) is 37.8 Å². The molecule has 0 spiro atoms. The third-order valence-corrected chi connectivity index (χ3v) is 5.23. The molecule has 1 unspecified atom stereocenters. The predicted octanol–water partition coefficient (Wildman–Crippen LogP) is 3.16. The molecule has 0 radical (unpaired) electrons. The SMILES string of the molecule is COc1ccc(CN2CCCC(C(=O)N3CCC(F)(F)CC3)C2)cc1. The number of piperidine rings is 2. The molecule has 2 fully saturated rings. The Bertz CT molecular complexity index is 582. The van der Waals surface area contributed by atoms with Gasteiger partial charge in [0.1, 0.15) is 5.75 Å². The lowest BCUT2D eigenvalue weighted by Gasteiger charge is -2.37. The number of carbonyl (C=O) groups is 1. The van der Waals surface area contributed by atoms with Crippen LogP contribution in [0.2, 0.25) is 0 Å². The van der Waals surface area contributed by atoms with Gasteiger partial charge in [0.2, 0.25) is 5.91 Å². The zero-order chi connectivity index (χ0) is 17.9. The average molecular weight is 352 g/mol. The summed E-state index contributed by atoms with van der Waals surface area (Å²) in [5.74, 6) is -1.80. The van der Waals surface area contributed by atoms with Gasteiger partial charge in [-0.15, -0.1) is 0 Å². The first-order valence-electron chi connectivity index (χ1n) is 8.99. The molecule has 0 aliphatic carbocycles. The summed E-state index contributed by atoms with van der Waals surface area (Å²) in [6, 6.07) is 7.96. The van der Waals surface area contributed by atoms with Gasteiger partial charge in [0.05, 0.1) is 13.0 Å². The molecule has 0 aromatic heterocycles. The molecular weight excluding hydrogens is 326 g/mol. The molecule has 138 valence electrons. The third kappa shape index (κ3) is 4.69. The van der Waals surface area contributed by atoms with Gasteiger partial charge in [0.15, 0.2) is 0 Å². The fraction of sp³-hybridized carbons (Fsp3) is 0.632. The Morgan fingerprint density at radius 2 is 1.88 bits per heavy atom. The van der Waals surface area contributed by atoms with Gasteiger partial charge in [-0.1, -0.05) is 12.1 Å². The van der Waals surface area contributed by atoms with Gasteiger partial charge in [-0.05, 0) is 37.1 Å². The van der Waals surface area contributed by atoms with Gasteiger partial charge in [0, 0.05) is 39.0 Å². The number of hydrogen-bond acceptors (Lipinski definition) is 3. The highest BCUT2D eigenvalue weighted by atomic mass is 19.3. The lowest BCUT2D eigenvalue weighted by Crippen LogP contribution is -2.48. The maximum atomic E-state index is 13.3.